The van der Waals surface area contributed by atoms with Gasteiger partial charge in [0.1, 0.15) is 29.9 Å². The molecular weight excluding hydrogens is 546 g/mol. The number of esters is 1. The summed E-state index contributed by atoms with van der Waals surface area (Å²) in [6.07, 6.45) is 7.91. The Labute approximate surface area is 255 Å². The molecule has 5 rings (SSSR count). The fraction of sp³-hybridized carbons (Fsp3) is 0.676. The van der Waals surface area contributed by atoms with E-state index in [1.165, 1.54) is 0 Å². The number of fused-ring (bicyclic) bond motifs is 5. The Morgan fingerprint density at radius 1 is 1.00 bits per heavy atom. The lowest BCUT2D eigenvalue weighted by atomic mass is 9.77. The normalized spacial score (nSPS) is 28.7. The molecule has 1 saturated heterocycles. The number of amides is 1. The summed E-state index contributed by atoms with van der Waals surface area (Å²) >= 11 is 0. The van der Waals surface area contributed by atoms with Crippen LogP contribution >= 0.6 is 0 Å². The smallest absolute Gasteiger partial charge is 0.306 e. The fourth-order valence-corrected chi connectivity index (χ4v) is 7.07. The highest BCUT2D eigenvalue weighted by molar-refractivity contribution is 5.87. The zero-order valence-electron chi connectivity index (χ0n) is 26.6. The van der Waals surface area contributed by atoms with Crippen LogP contribution in [0, 0.1) is 22.7 Å². The van der Waals surface area contributed by atoms with Gasteiger partial charge in [-0.2, -0.15) is 0 Å². The average molecular weight is 594 g/mol. The maximum Gasteiger partial charge on any atom is 0.306 e. The number of hydrogen-bond donors (Lipinski definition) is 0. The molecule has 1 saturated carbocycles. The molecular formula is C34H47N3O6. The lowest BCUT2D eigenvalue weighted by Gasteiger charge is -2.35. The number of aryl methyl sites for hydroxylation is 1. The second-order valence-electron chi connectivity index (χ2n) is 14.3. The van der Waals surface area contributed by atoms with Crippen molar-refractivity contribution in [3.8, 4) is 11.6 Å². The van der Waals surface area contributed by atoms with E-state index in [1.807, 2.05) is 52.8 Å². The van der Waals surface area contributed by atoms with Gasteiger partial charge in [-0.25, -0.2) is 9.97 Å². The highest BCUT2D eigenvalue weighted by Crippen LogP contribution is 2.42. The van der Waals surface area contributed by atoms with Gasteiger partial charge in [0, 0.05) is 11.5 Å². The van der Waals surface area contributed by atoms with Crippen LogP contribution in [-0.4, -0.2) is 64.9 Å². The van der Waals surface area contributed by atoms with Crippen LogP contribution in [0.1, 0.15) is 91.7 Å². The van der Waals surface area contributed by atoms with E-state index in [0.717, 1.165) is 62.4 Å². The van der Waals surface area contributed by atoms with Crippen LogP contribution < -0.4 is 9.47 Å². The number of ether oxygens (including phenoxy) is 3. The third-order valence-electron chi connectivity index (χ3n) is 9.94. The van der Waals surface area contributed by atoms with Crippen molar-refractivity contribution < 1.29 is 28.6 Å². The Balaban J connectivity index is 1.53. The summed E-state index contributed by atoms with van der Waals surface area (Å²) < 4.78 is 18.1. The molecule has 0 spiro atoms. The molecule has 9 nitrogen and oxygen atoms in total. The van der Waals surface area contributed by atoms with Crippen LogP contribution in [0.5, 0.6) is 11.6 Å². The van der Waals surface area contributed by atoms with Gasteiger partial charge >= 0.3 is 5.97 Å². The number of aromatic nitrogens is 2. The van der Waals surface area contributed by atoms with Crippen molar-refractivity contribution in [3.63, 3.8) is 0 Å². The van der Waals surface area contributed by atoms with Crippen molar-refractivity contribution in [2.45, 2.75) is 111 Å². The van der Waals surface area contributed by atoms with E-state index in [2.05, 4.69) is 0 Å². The van der Waals surface area contributed by atoms with Crippen molar-refractivity contribution in [1.82, 2.24) is 14.9 Å². The van der Waals surface area contributed by atoms with Crippen LogP contribution in [0.2, 0.25) is 0 Å². The Bertz CT molecular complexity index is 1350. The molecule has 0 N–H and O–H groups in total. The van der Waals surface area contributed by atoms with E-state index in [4.69, 9.17) is 24.2 Å². The van der Waals surface area contributed by atoms with Crippen LogP contribution in [-0.2, 0) is 25.5 Å². The van der Waals surface area contributed by atoms with E-state index >= 15 is 0 Å². The summed E-state index contributed by atoms with van der Waals surface area (Å²) in [5.41, 5.74) is 0.986. The molecule has 2 aliphatic heterocycles. The van der Waals surface area contributed by atoms with Gasteiger partial charge in [-0.15, -0.1) is 0 Å². The standard InChI is InChI=1S/C34H47N3O6/c1-33(2,3)23-18-30(39)42-27-14-10-12-21(27)11-8-7-9-13-25-31(36-26-17-22(41-6)15-16-24(26)35-25)43-29-19-37(32(23)40)28(20-38)34(29,4)5/h15-17,20-21,23,27-29H,7-14,18-19H2,1-6H3/t21-,23-,27-,28-,29+/m1/s1. The maximum absolute atomic E-state index is 14.2. The molecule has 1 aromatic heterocycles. The largest absolute Gasteiger partial charge is 0.497 e. The minimum Gasteiger partial charge on any atom is -0.497 e. The molecule has 0 unspecified atom stereocenters. The summed E-state index contributed by atoms with van der Waals surface area (Å²) in [5.74, 6) is 0.273. The van der Waals surface area contributed by atoms with Gasteiger partial charge in [0.25, 0.3) is 0 Å². The third-order valence-corrected chi connectivity index (χ3v) is 9.94. The first-order valence-corrected chi connectivity index (χ1v) is 15.9. The highest BCUT2D eigenvalue weighted by atomic mass is 16.5. The molecule has 9 heteroatoms. The number of carbonyl (C=O) groups is 3. The first-order chi connectivity index (χ1) is 20.4. The average Bonchev–Trinajstić information content (AvgIpc) is 3.49. The van der Waals surface area contributed by atoms with Gasteiger partial charge in [-0.05, 0) is 62.0 Å². The molecule has 3 aliphatic rings. The van der Waals surface area contributed by atoms with Gasteiger partial charge in [0.15, 0.2) is 0 Å². The lowest BCUT2D eigenvalue weighted by molar-refractivity contribution is -0.157. The quantitative estimate of drug-likeness (QED) is 0.322. The molecule has 1 aromatic carbocycles. The third kappa shape index (κ3) is 6.50. The second kappa shape index (κ2) is 12.4. The van der Waals surface area contributed by atoms with Gasteiger partial charge in [0.05, 0.1) is 43.1 Å². The molecule has 1 aliphatic carbocycles. The number of aldehydes is 1. The van der Waals surface area contributed by atoms with Crippen molar-refractivity contribution in [2.75, 3.05) is 13.7 Å². The summed E-state index contributed by atoms with van der Waals surface area (Å²) in [7, 11) is 1.62. The minimum absolute atomic E-state index is 0.0122. The summed E-state index contributed by atoms with van der Waals surface area (Å²) in [5, 5.41) is 0. The molecule has 43 heavy (non-hydrogen) atoms. The van der Waals surface area contributed by atoms with E-state index in [0.29, 0.717) is 29.5 Å². The molecule has 2 aromatic rings. The predicted octanol–water partition coefficient (Wildman–Crippen LogP) is 5.70. The summed E-state index contributed by atoms with van der Waals surface area (Å²) in [6.45, 7) is 9.99. The number of benzene rings is 1. The van der Waals surface area contributed by atoms with Gasteiger partial charge in [-0.1, -0.05) is 47.5 Å². The van der Waals surface area contributed by atoms with Crippen LogP contribution in [0.4, 0.5) is 0 Å². The van der Waals surface area contributed by atoms with E-state index in [-0.39, 0.29) is 30.9 Å². The van der Waals surface area contributed by atoms with Crippen molar-refractivity contribution >= 4 is 29.2 Å². The Kier molecular flexibility index (Phi) is 9.00. The SMILES string of the molecule is COc1ccc2nc3c(nc2c1)O[C@H]1CN(C(=O)[C@H](C(C)(C)C)CC(=O)O[C@@H]2CCC[C@H]2CCCCC3)[C@H](C=O)C1(C)C. The zero-order chi connectivity index (χ0) is 30.9. The van der Waals surface area contributed by atoms with Crippen molar-refractivity contribution in [2.24, 2.45) is 22.7 Å². The molecule has 1 amide bonds. The second-order valence-corrected chi connectivity index (χ2v) is 14.3. The number of methoxy groups -OCH3 is 1. The fourth-order valence-electron chi connectivity index (χ4n) is 7.07. The first-order valence-electron chi connectivity index (χ1n) is 15.9. The molecule has 0 radical (unpaired) electrons. The highest BCUT2D eigenvalue weighted by Gasteiger charge is 2.53. The first kappa shape index (κ1) is 31.2. The maximum atomic E-state index is 14.2. The van der Waals surface area contributed by atoms with Crippen LogP contribution in [0.3, 0.4) is 0 Å². The number of rotatable bonds is 2. The Morgan fingerprint density at radius 3 is 2.49 bits per heavy atom. The molecule has 3 heterocycles. The van der Waals surface area contributed by atoms with E-state index < -0.39 is 28.9 Å². The lowest BCUT2D eigenvalue weighted by Crippen LogP contribution is -2.48. The van der Waals surface area contributed by atoms with Crippen molar-refractivity contribution in [3.05, 3.63) is 23.9 Å². The minimum atomic E-state index is -0.718. The molecule has 5 atom stereocenters. The monoisotopic (exact) mass is 593 g/mol. The number of nitrogens with zero attached hydrogens (tertiary/aromatic N) is 3. The van der Waals surface area contributed by atoms with E-state index in [9.17, 15) is 14.4 Å². The summed E-state index contributed by atoms with van der Waals surface area (Å²) in [4.78, 5) is 51.6. The zero-order valence-corrected chi connectivity index (χ0v) is 26.6. The Morgan fingerprint density at radius 2 is 1.77 bits per heavy atom. The van der Waals surface area contributed by atoms with Crippen LogP contribution in [0.25, 0.3) is 11.0 Å². The number of carbonyl (C=O) groups excluding carboxylic acids is 3. The van der Waals surface area contributed by atoms with Crippen molar-refractivity contribution in [1.29, 1.82) is 0 Å². The Hall–Kier alpha value is -3.23. The van der Waals surface area contributed by atoms with Crippen LogP contribution in [0.15, 0.2) is 18.2 Å². The van der Waals surface area contributed by atoms with Gasteiger partial charge in [0.2, 0.25) is 11.8 Å². The van der Waals surface area contributed by atoms with E-state index in [1.54, 1.807) is 12.0 Å². The number of hydrogen-bond acceptors (Lipinski definition) is 8. The topological polar surface area (TPSA) is 108 Å². The van der Waals surface area contributed by atoms with Gasteiger partial charge in [-0.3, -0.25) is 9.59 Å². The van der Waals surface area contributed by atoms with Gasteiger partial charge < -0.3 is 23.9 Å². The molecule has 2 fully saturated rings. The summed E-state index contributed by atoms with van der Waals surface area (Å²) in [6, 6.07) is 4.90. The molecule has 234 valence electrons. The predicted molar refractivity (Wildman–Crippen MR) is 163 cm³/mol. The molecule has 2 bridgehead atoms.